The van der Waals surface area contributed by atoms with Crippen LogP contribution in [0.15, 0.2) is 29.2 Å². The van der Waals surface area contributed by atoms with Crippen molar-refractivity contribution in [1.82, 2.24) is 10.7 Å². The Bertz CT molecular complexity index is 272. The van der Waals surface area contributed by atoms with Crippen molar-refractivity contribution in [1.29, 1.82) is 0 Å². The molecule has 1 aromatic rings. The molecule has 3 nitrogen and oxygen atoms in total. The molecule has 0 saturated heterocycles. The smallest absolute Gasteiger partial charge is 0.0590 e. The van der Waals surface area contributed by atoms with E-state index in [1.54, 1.807) is 0 Å². The van der Waals surface area contributed by atoms with Crippen LogP contribution < -0.4 is 16.6 Å². The van der Waals surface area contributed by atoms with E-state index in [1.165, 1.54) is 10.5 Å². The Hall–Kier alpha value is -0.550. The van der Waals surface area contributed by atoms with Crippen LogP contribution in [0.1, 0.15) is 19.4 Å². The highest BCUT2D eigenvalue weighted by atomic mass is 32.2. The van der Waals surface area contributed by atoms with E-state index < -0.39 is 0 Å². The van der Waals surface area contributed by atoms with Gasteiger partial charge >= 0.3 is 0 Å². The molecular weight excluding hydrogens is 206 g/mol. The van der Waals surface area contributed by atoms with Crippen LogP contribution in [-0.4, -0.2) is 11.9 Å². The number of nitrogens with two attached hydrogens (primary N) is 1. The lowest BCUT2D eigenvalue weighted by molar-refractivity contribution is 0.601. The molecular formula is C11H19N3S. The van der Waals surface area contributed by atoms with Crippen LogP contribution in [0.3, 0.4) is 0 Å². The number of nitrogens with one attached hydrogen (secondary N) is 2. The molecule has 0 aliphatic carbocycles. The second-order valence-electron chi connectivity index (χ2n) is 3.62. The Balaban J connectivity index is 2.42. The highest BCUT2D eigenvalue weighted by Gasteiger charge is 1.98. The molecule has 1 rings (SSSR count). The Labute approximate surface area is 95.8 Å². The second kappa shape index (κ2) is 6.85. The fourth-order valence-electron chi connectivity index (χ4n) is 1.24. The first-order chi connectivity index (χ1) is 7.22. The summed E-state index contributed by atoms with van der Waals surface area (Å²) in [5, 5.41) is 3.80. The Morgan fingerprint density at radius 2 is 1.93 bits per heavy atom. The summed E-state index contributed by atoms with van der Waals surface area (Å²) in [6.45, 7) is 5.87. The quantitative estimate of drug-likeness (QED) is 0.227. The lowest BCUT2D eigenvalue weighted by atomic mass is 10.2. The molecule has 15 heavy (non-hydrogen) atoms. The summed E-state index contributed by atoms with van der Waals surface area (Å²) < 4.78 is 0. The van der Waals surface area contributed by atoms with Crippen LogP contribution in [0.5, 0.6) is 0 Å². The summed E-state index contributed by atoms with van der Waals surface area (Å²) in [5.74, 6) is 5.16. The summed E-state index contributed by atoms with van der Waals surface area (Å²) >= 11 is 1.88. The molecule has 0 heterocycles. The summed E-state index contributed by atoms with van der Waals surface area (Å²) in [6, 6.07) is 8.62. The number of rotatable bonds is 6. The lowest BCUT2D eigenvalue weighted by Gasteiger charge is -2.07. The van der Waals surface area contributed by atoms with Crippen molar-refractivity contribution in [3.05, 3.63) is 29.8 Å². The van der Waals surface area contributed by atoms with Crippen molar-refractivity contribution in [3.63, 3.8) is 0 Å². The number of hydrogen-bond acceptors (Lipinski definition) is 4. The number of thioether (sulfide) groups is 1. The van der Waals surface area contributed by atoms with Crippen molar-refractivity contribution >= 4 is 11.8 Å². The summed E-state index contributed by atoms with van der Waals surface area (Å²) in [5.41, 5.74) is 3.84. The molecule has 0 saturated carbocycles. The largest absolute Gasteiger partial charge is 0.299 e. The minimum atomic E-state index is 0.627. The van der Waals surface area contributed by atoms with Crippen LogP contribution >= 0.6 is 11.8 Å². The van der Waals surface area contributed by atoms with Gasteiger partial charge in [-0.25, -0.2) is 5.43 Å². The maximum Gasteiger partial charge on any atom is 0.0590 e. The Morgan fingerprint density at radius 1 is 1.27 bits per heavy atom. The maximum absolute atomic E-state index is 5.16. The van der Waals surface area contributed by atoms with Crippen molar-refractivity contribution < 1.29 is 0 Å². The maximum atomic E-state index is 5.16. The summed E-state index contributed by atoms with van der Waals surface area (Å²) in [6.07, 6.45) is 0. The number of benzene rings is 1. The number of hydrogen-bond donors (Lipinski definition) is 3. The van der Waals surface area contributed by atoms with Gasteiger partial charge in [-0.1, -0.05) is 26.0 Å². The molecule has 4 N–H and O–H groups in total. The van der Waals surface area contributed by atoms with Gasteiger partial charge in [-0.2, -0.15) is 0 Å². The van der Waals surface area contributed by atoms with E-state index in [-0.39, 0.29) is 0 Å². The third-order valence-corrected chi connectivity index (χ3v) is 2.87. The van der Waals surface area contributed by atoms with E-state index in [0.29, 0.717) is 11.9 Å². The van der Waals surface area contributed by atoms with Crippen LogP contribution in [0.4, 0.5) is 0 Å². The number of hydrazine groups is 1. The van der Waals surface area contributed by atoms with Gasteiger partial charge in [0.1, 0.15) is 0 Å². The van der Waals surface area contributed by atoms with Gasteiger partial charge in [0.05, 0.1) is 6.67 Å². The highest BCUT2D eigenvalue weighted by Crippen LogP contribution is 2.22. The topological polar surface area (TPSA) is 50.1 Å². The fourth-order valence-corrected chi connectivity index (χ4v) is 2.07. The SMILES string of the molecule is CC(C)Sc1ccc(CNCNN)cc1. The van der Waals surface area contributed by atoms with E-state index in [1.807, 2.05) is 11.8 Å². The van der Waals surface area contributed by atoms with Crippen LogP contribution in [-0.2, 0) is 6.54 Å². The fraction of sp³-hybridized carbons (Fsp3) is 0.455. The molecule has 0 aliphatic rings. The van der Waals surface area contributed by atoms with E-state index in [0.717, 1.165) is 6.54 Å². The van der Waals surface area contributed by atoms with Crippen molar-refractivity contribution in [2.75, 3.05) is 6.67 Å². The van der Waals surface area contributed by atoms with Crippen LogP contribution in [0.25, 0.3) is 0 Å². The first-order valence-electron chi connectivity index (χ1n) is 5.12. The predicted octanol–water partition coefficient (Wildman–Crippen LogP) is 1.70. The standard InChI is InChI=1S/C11H19N3S/c1-9(2)15-11-5-3-10(4-6-11)7-13-8-14-12/h3-6,9,13-14H,7-8,12H2,1-2H3. The summed E-state index contributed by atoms with van der Waals surface area (Å²) in [4.78, 5) is 1.32. The first-order valence-corrected chi connectivity index (χ1v) is 6.00. The third kappa shape index (κ3) is 5.18. The molecule has 0 bridgehead atoms. The van der Waals surface area contributed by atoms with Gasteiger partial charge in [0, 0.05) is 16.7 Å². The molecule has 0 fully saturated rings. The monoisotopic (exact) mass is 225 g/mol. The molecule has 0 amide bonds. The van der Waals surface area contributed by atoms with E-state index in [4.69, 9.17) is 5.84 Å². The third-order valence-electron chi connectivity index (χ3n) is 1.85. The second-order valence-corrected chi connectivity index (χ2v) is 5.27. The molecule has 0 aliphatic heterocycles. The van der Waals surface area contributed by atoms with Gasteiger partial charge < -0.3 is 0 Å². The molecule has 0 aromatic heterocycles. The van der Waals surface area contributed by atoms with Gasteiger partial charge in [0.2, 0.25) is 0 Å². The zero-order chi connectivity index (χ0) is 11.1. The Morgan fingerprint density at radius 3 is 2.47 bits per heavy atom. The lowest BCUT2D eigenvalue weighted by Crippen LogP contribution is -2.33. The molecule has 4 heteroatoms. The molecule has 1 aromatic carbocycles. The molecule has 0 atom stereocenters. The summed E-state index contributed by atoms with van der Waals surface area (Å²) in [7, 11) is 0. The average molecular weight is 225 g/mol. The molecule has 0 spiro atoms. The molecule has 84 valence electrons. The Kier molecular flexibility index (Phi) is 5.71. The van der Waals surface area contributed by atoms with Crippen LogP contribution in [0.2, 0.25) is 0 Å². The average Bonchev–Trinajstić information content (AvgIpc) is 2.20. The van der Waals surface area contributed by atoms with Gasteiger partial charge in [-0.15, -0.1) is 11.8 Å². The normalized spacial score (nSPS) is 10.9. The van der Waals surface area contributed by atoms with Crippen molar-refractivity contribution in [2.24, 2.45) is 5.84 Å². The van der Waals surface area contributed by atoms with Gasteiger partial charge in [0.25, 0.3) is 0 Å². The van der Waals surface area contributed by atoms with E-state index in [2.05, 4.69) is 48.9 Å². The highest BCUT2D eigenvalue weighted by molar-refractivity contribution is 7.99. The molecule has 0 radical (unpaired) electrons. The van der Waals surface area contributed by atoms with E-state index in [9.17, 15) is 0 Å². The van der Waals surface area contributed by atoms with Crippen molar-refractivity contribution in [3.8, 4) is 0 Å². The minimum Gasteiger partial charge on any atom is -0.299 e. The predicted molar refractivity (Wildman–Crippen MR) is 66.5 cm³/mol. The van der Waals surface area contributed by atoms with Crippen LogP contribution in [0, 0.1) is 0 Å². The molecule has 0 unspecified atom stereocenters. The minimum absolute atomic E-state index is 0.627. The van der Waals surface area contributed by atoms with E-state index >= 15 is 0 Å². The van der Waals surface area contributed by atoms with Crippen molar-refractivity contribution in [2.45, 2.75) is 30.5 Å². The van der Waals surface area contributed by atoms with Gasteiger partial charge in [-0.05, 0) is 17.7 Å². The van der Waals surface area contributed by atoms with Gasteiger partial charge in [0.15, 0.2) is 0 Å². The zero-order valence-corrected chi connectivity index (χ0v) is 10.1. The van der Waals surface area contributed by atoms with Gasteiger partial charge in [-0.3, -0.25) is 11.2 Å². The zero-order valence-electron chi connectivity index (χ0n) is 9.29. The first kappa shape index (κ1) is 12.5.